The van der Waals surface area contributed by atoms with Crippen LogP contribution in [0.4, 0.5) is 0 Å². The molecule has 1 aliphatic heterocycles. The van der Waals surface area contributed by atoms with Crippen LogP contribution < -0.4 is 5.32 Å². The average molecular weight is 163 g/mol. The zero-order chi connectivity index (χ0) is 6.53. The van der Waals surface area contributed by atoms with Crippen LogP contribution in [-0.2, 0) is 0 Å². The molecule has 0 unspecified atom stereocenters. The third-order valence-corrected chi connectivity index (χ3v) is 1.28. The van der Waals surface area contributed by atoms with Crippen molar-refractivity contribution in [2.24, 2.45) is 5.16 Å². The second-order valence-electron chi connectivity index (χ2n) is 1.99. The van der Waals surface area contributed by atoms with Crippen molar-refractivity contribution in [2.75, 3.05) is 13.1 Å². The minimum Gasteiger partial charge on any atom is -0.411 e. The van der Waals surface area contributed by atoms with Gasteiger partial charge in [0.2, 0.25) is 0 Å². The Hall–Kier alpha value is -0.540. The Morgan fingerprint density at radius 1 is 1.70 bits per heavy atom. The molecule has 1 heterocycles. The first-order chi connectivity index (χ1) is 4.43. The monoisotopic (exact) mass is 162 g/mol. The standard InChI is InChI=1S/C6H10N2O.ClH/c9-8-5-6-2-1-3-7-4-6;/h2,5,7,9H,1,3-4H2;1H/b8-5-;. The third-order valence-electron chi connectivity index (χ3n) is 1.28. The van der Waals surface area contributed by atoms with Crippen molar-refractivity contribution in [2.45, 2.75) is 6.42 Å². The smallest absolute Gasteiger partial charge is 0.0703 e. The lowest BCUT2D eigenvalue weighted by Crippen LogP contribution is -2.22. The van der Waals surface area contributed by atoms with Crippen LogP contribution in [0.5, 0.6) is 0 Å². The van der Waals surface area contributed by atoms with Gasteiger partial charge in [0.1, 0.15) is 0 Å². The van der Waals surface area contributed by atoms with Crippen LogP contribution >= 0.6 is 12.4 Å². The maximum absolute atomic E-state index is 8.12. The second-order valence-corrected chi connectivity index (χ2v) is 1.99. The highest BCUT2D eigenvalue weighted by Gasteiger charge is 1.97. The van der Waals surface area contributed by atoms with Crippen molar-refractivity contribution in [1.29, 1.82) is 0 Å². The number of hydrogen-bond acceptors (Lipinski definition) is 3. The van der Waals surface area contributed by atoms with Gasteiger partial charge in [0.25, 0.3) is 0 Å². The average Bonchev–Trinajstić information content (AvgIpc) is 1.91. The van der Waals surface area contributed by atoms with Gasteiger partial charge in [-0.05, 0) is 18.5 Å². The predicted molar refractivity (Wildman–Crippen MR) is 43.1 cm³/mol. The van der Waals surface area contributed by atoms with Crippen molar-refractivity contribution in [3.8, 4) is 0 Å². The molecule has 2 N–H and O–H groups in total. The van der Waals surface area contributed by atoms with Crippen molar-refractivity contribution in [1.82, 2.24) is 5.32 Å². The number of rotatable bonds is 1. The van der Waals surface area contributed by atoms with Crippen molar-refractivity contribution < 1.29 is 5.21 Å². The van der Waals surface area contributed by atoms with Gasteiger partial charge in [-0.3, -0.25) is 0 Å². The highest BCUT2D eigenvalue weighted by atomic mass is 35.5. The lowest BCUT2D eigenvalue weighted by Gasteiger charge is -2.08. The van der Waals surface area contributed by atoms with E-state index in [2.05, 4.69) is 16.5 Å². The summed E-state index contributed by atoms with van der Waals surface area (Å²) in [5.74, 6) is 0. The van der Waals surface area contributed by atoms with E-state index in [4.69, 9.17) is 5.21 Å². The first-order valence-electron chi connectivity index (χ1n) is 3.00. The minimum atomic E-state index is 0. The van der Waals surface area contributed by atoms with E-state index >= 15 is 0 Å². The Labute approximate surface area is 66.2 Å². The van der Waals surface area contributed by atoms with Gasteiger partial charge in [0, 0.05) is 6.54 Å². The molecule has 58 valence electrons. The van der Waals surface area contributed by atoms with Gasteiger partial charge in [0.05, 0.1) is 6.21 Å². The van der Waals surface area contributed by atoms with E-state index in [1.807, 2.05) is 0 Å². The summed E-state index contributed by atoms with van der Waals surface area (Å²) < 4.78 is 0. The second kappa shape index (κ2) is 5.26. The SMILES string of the molecule is Cl.O/N=C\C1=CCCNC1. The number of halogens is 1. The van der Waals surface area contributed by atoms with Crippen LogP contribution in [0, 0.1) is 0 Å². The molecule has 1 rings (SSSR count). The molecule has 1 aliphatic rings. The molecule has 0 atom stereocenters. The maximum Gasteiger partial charge on any atom is 0.0703 e. The Bertz CT molecular complexity index is 145. The fourth-order valence-electron chi connectivity index (χ4n) is 0.837. The zero-order valence-corrected chi connectivity index (χ0v) is 6.40. The fraction of sp³-hybridized carbons (Fsp3) is 0.500. The summed E-state index contributed by atoms with van der Waals surface area (Å²) in [7, 11) is 0. The summed E-state index contributed by atoms with van der Waals surface area (Å²) in [5.41, 5.74) is 1.06. The topological polar surface area (TPSA) is 44.6 Å². The van der Waals surface area contributed by atoms with E-state index in [9.17, 15) is 0 Å². The van der Waals surface area contributed by atoms with E-state index in [0.717, 1.165) is 25.1 Å². The summed E-state index contributed by atoms with van der Waals surface area (Å²) in [4.78, 5) is 0. The van der Waals surface area contributed by atoms with Crippen molar-refractivity contribution in [3.05, 3.63) is 11.6 Å². The van der Waals surface area contributed by atoms with E-state index in [0.29, 0.717) is 0 Å². The number of nitrogens with zero attached hydrogens (tertiary/aromatic N) is 1. The lowest BCUT2D eigenvalue weighted by atomic mass is 10.2. The first kappa shape index (κ1) is 9.46. The van der Waals surface area contributed by atoms with Gasteiger partial charge < -0.3 is 10.5 Å². The minimum absolute atomic E-state index is 0. The number of hydrogen-bond donors (Lipinski definition) is 2. The lowest BCUT2D eigenvalue weighted by molar-refractivity contribution is 0.321. The van der Waals surface area contributed by atoms with Gasteiger partial charge in [-0.15, -0.1) is 12.4 Å². The molecule has 0 aromatic rings. The van der Waals surface area contributed by atoms with Crippen LogP contribution in [0.1, 0.15) is 6.42 Å². The fourth-order valence-corrected chi connectivity index (χ4v) is 0.837. The normalized spacial score (nSPS) is 18.2. The van der Waals surface area contributed by atoms with Gasteiger partial charge >= 0.3 is 0 Å². The Morgan fingerprint density at radius 3 is 3.00 bits per heavy atom. The molecule has 0 aliphatic carbocycles. The highest BCUT2D eigenvalue weighted by Crippen LogP contribution is 1.96. The molecule has 0 fully saturated rings. The molecule has 3 nitrogen and oxygen atoms in total. The maximum atomic E-state index is 8.12. The van der Waals surface area contributed by atoms with Crippen molar-refractivity contribution in [3.63, 3.8) is 0 Å². The Balaban J connectivity index is 0.000000810. The molecular formula is C6H11ClN2O. The molecule has 10 heavy (non-hydrogen) atoms. The molecule has 0 saturated carbocycles. The Kier molecular flexibility index (Phi) is 4.98. The molecular weight excluding hydrogens is 152 g/mol. The summed E-state index contributed by atoms with van der Waals surface area (Å²) >= 11 is 0. The molecule has 0 amide bonds. The van der Waals surface area contributed by atoms with Crippen LogP contribution in [0.15, 0.2) is 16.8 Å². The molecule has 0 radical (unpaired) electrons. The molecule has 4 heteroatoms. The van der Waals surface area contributed by atoms with Gasteiger partial charge in [-0.25, -0.2) is 0 Å². The largest absolute Gasteiger partial charge is 0.411 e. The van der Waals surface area contributed by atoms with Crippen LogP contribution in [0.25, 0.3) is 0 Å². The van der Waals surface area contributed by atoms with Crippen LogP contribution in [0.3, 0.4) is 0 Å². The van der Waals surface area contributed by atoms with E-state index in [1.165, 1.54) is 6.21 Å². The Morgan fingerprint density at radius 2 is 2.50 bits per heavy atom. The summed E-state index contributed by atoms with van der Waals surface area (Å²) in [6.45, 7) is 1.85. The number of oxime groups is 1. The summed E-state index contributed by atoms with van der Waals surface area (Å²) in [6, 6.07) is 0. The van der Waals surface area contributed by atoms with Crippen LogP contribution in [0.2, 0.25) is 0 Å². The van der Waals surface area contributed by atoms with Crippen LogP contribution in [-0.4, -0.2) is 24.5 Å². The first-order valence-corrected chi connectivity index (χ1v) is 3.00. The molecule has 0 saturated heterocycles. The van der Waals surface area contributed by atoms with E-state index in [1.54, 1.807) is 0 Å². The molecule has 0 spiro atoms. The third kappa shape index (κ3) is 2.85. The van der Waals surface area contributed by atoms with E-state index < -0.39 is 0 Å². The summed E-state index contributed by atoms with van der Waals surface area (Å²) in [5, 5.41) is 14.2. The highest BCUT2D eigenvalue weighted by molar-refractivity contribution is 5.85. The van der Waals surface area contributed by atoms with Gasteiger partial charge in [-0.1, -0.05) is 11.2 Å². The van der Waals surface area contributed by atoms with Gasteiger partial charge in [-0.2, -0.15) is 0 Å². The van der Waals surface area contributed by atoms with E-state index in [-0.39, 0.29) is 12.4 Å². The molecule has 0 aromatic heterocycles. The van der Waals surface area contributed by atoms with Gasteiger partial charge in [0.15, 0.2) is 0 Å². The quantitative estimate of drug-likeness (QED) is 0.340. The summed E-state index contributed by atoms with van der Waals surface area (Å²) in [6.07, 6.45) is 4.56. The zero-order valence-electron chi connectivity index (χ0n) is 5.58. The molecule has 0 bridgehead atoms. The van der Waals surface area contributed by atoms with Crippen molar-refractivity contribution >= 4 is 18.6 Å². The predicted octanol–water partition coefficient (Wildman–Crippen LogP) is 0.788. The molecule has 0 aromatic carbocycles. The number of nitrogens with one attached hydrogen (secondary N) is 1.